The fraction of sp³-hybridized carbons (Fsp3) is 0.167. The Morgan fingerprint density at radius 2 is 2.17 bits per heavy atom. The van der Waals surface area contributed by atoms with Gasteiger partial charge in [-0.05, 0) is 27.6 Å². The number of hydrogen-bond acceptors (Lipinski definition) is 4. The van der Waals surface area contributed by atoms with E-state index in [0.717, 1.165) is 15.8 Å². The normalized spacial score (nSPS) is 10.5. The van der Waals surface area contributed by atoms with Crippen molar-refractivity contribution in [3.05, 3.63) is 62.5 Å². The summed E-state index contributed by atoms with van der Waals surface area (Å²) in [6.45, 7) is 1.12. The number of benzene rings is 1. The van der Waals surface area contributed by atoms with Crippen molar-refractivity contribution < 1.29 is 9.34 Å². The first-order valence-corrected chi connectivity index (χ1v) is 6.12. The van der Waals surface area contributed by atoms with Crippen LogP contribution in [0, 0.1) is 10.1 Å². The maximum Gasteiger partial charge on any atom is 0.269 e. The van der Waals surface area contributed by atoms with Crippen LogP contribution >= 0.6 is 15.9 Å². The van der Waals surface area contributed by atoms with Gasteiger partial charge in [-0.3, -0.25) is 10.1 Å². The summed E-state index contributed by atoms with van der Waals surface area (Å²) in [5.41, 5.74) is 0.973. The molecule has 0 spiro atoms. The van der Waals surface area contributed by atoms with Gasteiger partial charge < -0.3 is 9.73 Å². The summed E-state index contributed by atoms with van der Waals surface area (Å²) in [4.78, 5) is 10.2. The summed E-state index contributed by atoms with van der Waals surface area (Å²) >= 11 is 3.36. The number of nitro benzene ring substituents is 1. The molecule has 2 aromatic rings. The van der Waals surface area contributed by atoms with E-state index >= 15 is 0 Å². The van der Waals surface area contributed by atoms with Crippen LogP contribution in [0.15, 0.2) is 45.5 Å². The van der Waals surface area contributed by atoms with E-state index in [0.29, 0.717) is 13.1 Å². The van der Waals surface area contributed by atoms with E-state index in [9.17, 15) is 10.1 Å². The number of nitrogens with zero attached hydrogens (tertiary/aromatic N) is 1. The van der Waals surface area contributed by atoms with E-state index in [1.165, 1.54) is 6.07 Å². The molecule has 94 valence electrons. The Morgan fingerprint density at radius 3 is 2.83 bits per heavy atom. The lowest BCUT2D eigenvalue weighted by molar-refractivity contribution is -0.384. The van der Waals surface area contributed by atoms with Gasteiger partial charge in [-0.15, -0.1) is 0 Å². The summed E-state index contributed by atoms with van der Waals surface area (Å²) in [6.07, 6.45) is 1.61. The minimum atomic E-state index is -0.396. The molecule has 2 rings (SSSR count). The quantitative estimate of drug-likeness (QED) is 0.680. The lowest BCUT2D eigenvalue weighted by Crippen LogP contribution is -2.12. The molecule has 0 bridgehead atoms. The molecule has 0 aliphatic carbocycles. The summed E-state index contributed by atoms with van der Waals surface area (Å²) in [6, 6.07) is 8.39. The van der Waals surface area contributed by atoms with Gasteiger partial charge in [0.25, 0.3) is 5.69 Å². The molecule has 0 unspecified atom stereocenters. The third kappa shape index (κ3) is 3.18. The lowest BCUT2D eigenvalue weighted by atomic mass is 10.2. The van der Waals surface area contributed by atoms with Gasteiger partial charge in [-0.2, -0.15) is 0 Å². The molecule has 0 amide bonds. The van der Waals surface area contributed by atoms with Gasteiger partial charge in [0.15, 0.2) is 0 Å². The van der Waals surface area contributed by atoms with E-state index < -0.39 is 4.92 Å². The molecule has 6 heteroatoms. The average molecular weight is 311 g/mol. The van der Waals surface area contributed by atoms with Crippen molar-refractivity contribution in [2.75, 3.05) is 0 Å². The monoisotopic (exact) mass is 310 g/mol. The number of nitrogens with one attached hydrogen (secondary N) is 1. The highest BCUT2D eigenvalue weighted by Gasteiger charge is 2.06. The fourth-order valence-corrected chi connectivity index (χ4v) is 1.89. The van der Waals surface area contributed by atoms with Crippen molar-refractivity contribution in [3.63, 3.8) is 0 Å². The fourth-order valence-electron chi connectivity index (χ4n) is 1.55. The second-order valence-corrected chi connectivity index (χ2v) is 4.58. The van der Waals surface area contributed by atoms with E-state index in [1.54, 1.807) is 18.4 Å². The molecule has 0 saturated heterocycles. The smallest absolute Gasteiger partial charge is 0.269 e. The van der Waals surface area contributed by atoms with Crippen molar-refractivity contribution in [3.8, 4) is 0 Å². The second kappa shape index (κ2) is 5.79. The number of halogens is 1. The van der Waals surface area contributed by atoms with Crippen LogP contribution in [0.4, 0.5) is 5.69 Å². The third-order valence-electron chi connectivity index (χ3n) is 2.43. The number of furan rings is 1. The van der Waals surface area contributed by atoms with E-state index in [2.05, 4.69) is 21.2 Å². The zero-order valence-electron chi connectivity index (χ0n) is 9.43. The SMILES string of the molecule is O=[N+]([O-])c1cccc(CNCc2occc2Br)c1. The molecule has 1 aromatic carbocycles. The zero-order valence-corrected chi connectivity index (χ0v) is 11.0. The first-order chi connectivity index (χ1) is 8.66. The molecule has 0 saturated carbocycles. The highest BCUT2D eigenvalue weighted by molar-refractivity contribution is 9.10. The maximum absolute atomic E-state index is 10.6. The Hall–Kier alpha value is -1.66. The van der Waals surface area contributed by atoms with Crippen molar-refractivity contribution in [1.82, 2.24) is 5.32 Å². The van der Waals surface area contributed by atoms with Crippen LogP contribution in [0.3, 0.4) is 0 Å². The largest absolute Gasteiger partial charge is 0.467 e. The number of nitro groups is 1. The van der Waals surface area contributed by atoms with Gasteiger partial charge in [0.05, 0.1) is 22.2 Å². The first kappa shape index (κ1) is 12.8. The molecule has 0 fully saturated rings. The van der Waals surface area contributed by atoms with Gasteiger partial charge in [0.1, 0.15) is 5.76 Å². The first-order valence-electron chi connectivity index (χ1n) is 5.33. The Morgan fingerprint density at radius 1 is 1.33 bits per heavy atom. The van der Waals surface area contributed by atoms with Crippen LogP contribution in [-0.4, -0.2) is 4.92 Å². The van der Waals surface area contributed by atoms with Crippen molar-refractivity contribution in [1.29, 1.82) is 0 Å². The Balaban J connectivity index is 1.92. The van der Waals surface area contributed by atoms with Crippen LogP contribution in [0.2, 0.25) is 0 Å². The molecule has 5 nitrogen and oxygen atoms in total. The molecule has 0 aliphatic heterocycles. The molecule has 0 aliphatic rings. The predicted molar refractivity (Wildman–Crippen MR) is 70.0 cm³/mol. The molecule has 1 aromatic heterocycles. The molecule has 18 heavy (non-hydrogen) atoms. The van der Waals surface area contributed by atoms with Gasteiger partial charge in [-0.25, -0.2) is 0 Å². The van der Waals surface area contributed by atoms with Crippen molar-refractivity contribution >= 4 is 21.6 Å². The molecular formula is C12H11BrN2O3. The maximum atomic E-state index is 10.6. The average Bonchev–Trinajstić information content (AvgIpc) is 2.76. The van der Waals surface area contributed by atoms with Crippen LogP contribution < -0.4 is 5.32 Å². The molecule has 0 atom stereocenters. The second-order valence-electron chi connectivity index (χ2n) is 3.72. The standard InChI is InChI=1S/C12H11BrN2O3/c13-11-4-5-18-12(11)8-14-7-9-2-1-3-10(6-9)15(16)17/h1-6,14H,7-8H2. The zero-order chi connectivity index (χ0) is 13.0. The summed E-state index contributed by atoms with van der Waals surface area (Å²) in [5, 5.41) is 13.8. The van der Waals surface area contributed by atoms with Crippen LogP contribution in [0.1, 0.15) is 11.3 Å². The predicted octanol–water partition coefficient (Wildman–Crippen LogP) is 3.24. The summed E-state index contributed by atoms with van der Waals surface area (Å²) in [7, 11) is 0. The third-order valence-corrected chi connectivity index (χ3v) is 3.13. The van der Waals surface area contributed by atoms with Crippen molar-refractivity contribution in [2.24, 2.45) is 0 Å². The molecule has 1 heterocycles. The topological polar surface area (TPSA) is 68.3 Å². The van der Waals surface area contributed by atoms with Gasteiger partial charge in [0, 0.05) is 18.7 Å². The van der Waals surface area contributed by atoms with Crippen LogP contribution in [-0.2, 0) is 13.1 Å². The minimum Gasteiger partial charge on any atom is -0.467 e. The van der Waals surface area contributed by atoms with Gasteiger partial charge >= 0.3 is 0 Å². The van der Waals surface area contributed by atoms with E-state index in [-0.39, 0.29) is 5.69 Å². The highest BCUT2D eigenvalue weighted by atomic mass is 79.9. The van der Waals surface area contributed by atoms with Crippen LogP contribution in [0.25, 0.3) is 0 Å². The Bertz CT molecular complexity index is 554. The van der Waals surface area contributed by atoms with E-state index in [4.69, 9.17) is 4.42 Å². The summed E-state index contributed by atoms with van der Waals surface area (Å²) < 4.78 is 6.16. The van der Waals surface area contributed by atoms with Gasteiger partial charge in [-0.1, -0.05) is 12.1 Å². The van der Waals surface area contributed by atoms with Crippen molar-refractivity contribution in [2.45, 2.75) is 13.1 Å². The Kier molecular flexibility index (Phi) is 4.11. The number of non-ortho nitro benzene ring substituents is 1. The number of hydrogen-bond donors (Lipinski definition) is 1. The molecule has 1 N–H and O–H groups in total. The highest BCUT2D eigenvalue weighted by Crippen LogP contribution is 2.17. The van der Waals surface area contributed by atoms with E-state index in [1.807, 2.05) is 12.1 Å². The lowest BCUT2D eigenvalue weighted by Gasteiger charge is -2.03. The molecular weight excluding hydrogens is 300 g/mol. The molecule has 0 radical (unpaired) electrons. The van der Waals surface area contributed by atoms with Gasteiger partial charge in [0.2, 0.25) is 0 Å². The number of rotatable bonds is 5. The Labute approximate surface area is 112 Å². The summed E-state index contributed by atoms with van der Waals surface area (Å²) in [5.74, 6) is 0.806. The van der Waals surface area contributed by atoms with Crippen LogP contribution in [0.5, 0.6) is 0 Å². The minimum absolute atomic E-state index is 0.105.